The van der Waals surface area contributed by atoms with Crippen molar-refractivity contribution in [1.82, 2.24) is 39.9 Å². The Balaban J connectivity index is 0. The van der Waals surface area contributed by atoms with Crippen LogP contribution in [0.4, 0.5) is 0 Å². The Morgan fingerprint density at radius 1 is 0.183 bits per heavy atom. The van der Waals surface area contributed by atoms with E-state index in [0.29, 0.717) is 38.5 Å². The van der Waals surface area contributed by atoms with E-state index in [1.165, 1.54) is 72.8 Å². The molecule has 0 saturated carbocycles. The van der Waals surface area contributed by atoms with Crippen LogP contribution in [-0.2, 0) is 67.3 Å². The number of carboxylic acid groups (broad SMARTS) is 6. The van der Waals surface area contributed by atoms with E-state index < -0.39 is 35.8 Å². The van der Waals surface area contributed by atoms with Gasteiger partial charge in [0.05, 0.1) is 45.6 Å². The molecule has 126 heavy (non-hydrogen) atoms. The molecule has 0 aliphatic carbocycles. The predicted molar refractivity (Wildman–Crippen MR) is 453 cm³/mol. The van der Waals surface area contributed by atoms with Crippen LogP contribution in [0.5, 0.6) is 34.5 Å². The molecule has 14 aromatic rings. The van der Waals surface area contributed by atoms with E-state index in [4.69, 9.17) is 30.6 Å². The van der Waals surface area contributed by atoms with Gasteiger partial charge in [0.25, 0.3) is 0 Å². The number of rotatable bonds is 22. The normalized spacial score (nSPS) is 9.21. The number of carboxylic acids is 6. The van der Waals surface area contributed by atoms with Crippen LogP contribution >= 0.6 is 0 Å². The fourth-order valence-electron chi connectivity index (χ4n) is 9.57. The Labute approximate surface area is 804 Å². The minimum atomic E-state index is -1.05. The van der Waals surface area contributed by atoms with Crippen molar-refractivity contribution in [3.8, 4) is 80.0 Å². The van der Waals surface area contributed by atoms with Gasteiger partial charge in [0.1, 0.15) is 34.5 Å². The van der Waals surface area contributed by atoms with E-state index >= 15 is 0 Å². The van der Waals surface area contributed by atoms with Gasteiger partial charge in [-0.25, -0.2) is 0 Å². The summed E-state index contributed by atoms with van der Waals surface area (Å²) in [6.45, 7) is 0. The number of aryl methyl sites for hydroxylation is 6. The van der Waals surface area contributed by atoms with Crippen LogP contribution in [0.2, 0.25) is 0 Å². The van der Waals surface area contributed by atoms with Gasteiger partial charge in [-0.15, -0.1) is 0 Å². The minimum absolute atomic E-state index is 0. The molecule has 0 unspecified atom stereocenters. The fourth-order valence-corrected chi connectivity index (χ4v) is 9.57. The predicted octanol–water partition coefficient (Wildman–Crippen LogP) is 5.72. The summed E-state index contributed by atoms with van der Waals surface area (Å²) in [5.41, 5.74) is 12.6. The summed E-state index contributed by atoms with van der Waals surface area (Å²) in [6, 6.07) is 85.1. The van der Waals surface area contributed by atoms with E-state index in [1.54, 1.807) is 122 Å². The Kier molecular flexibility index (Phi) is 63.4. The average Bonchev–Trinajstić information content (AvgIpc) is 0.903. The van der Waals surface area contributed by atoms with E-state index in [2.05, 4.69) is 39.9 Å². The van der Waals surface area contributed by atoms with Gasteiger partial charge in [-0.3, -0.25) is 39.9 Å². The zero-order valence-corrected chi connectivity index (χ0v) is 70.9. The number of hydrogen-bond acceptors (Lipinski definition) is 26. The summed E-state index contributed by atoms with van der Waals surface area (Å²) in [7, 11) is 0. The van der Waals surface area contributed by atoms with Gasteiger partial charge in [-0.2, -0.15) is 0 Å². The van der Waals surface area contributed by atoms with Crippen molar-refractivity contribution in [3.05, 3.63) is 374 Å². The number of aromatic hydroxyl groups is 6. The van der Waals surface area contributed by atoms with Crippen molar-refractivity contribution in [3.63, 3.8) is 0 Å². The molecule has 14 rings (SSSR count). The number of phenolic OH excluding ortho intramolecular Hbond substituents is 6. The molecule has 670 valence electrons. The summed E-state index contributed by atoms with van der Waals surface area (Å²) < 4.78 is 0. The molecule has 0 bridgehead atoms. The molecule has 0 aliphatic heterocycles. The first-order valence-corrected chi connectivity index (χ1v) is 37.1. The van der Waals surface area contributed by atoms with E-state index in [1.807, 2.05) is 146 Å². The number of hydrogen-bond donors (Lipinski definition) is 6. The molecule has 0 amide bonds. The van der Waals surface area contributed by atoms with Crippen LogP contribution < -0.4 is 30.6 Å². The van der Waals surface area contributed by atoms with Crippen molar-refractivity contribution in [1.29, 1.82) is 0 Å². The molecule has 14 N–H and O–H groups in total. The van der Waals surface area contributed by atoms with Gasteiger partial charge in [0.15, 0.2) is 0 Å². The maximum Gasteiger partial charge on any atom is 3.00 e. The summed E-state index contributed by atoms with van der Waals surface area (Å²) in [6.07, 6.45) is 16.9. The molecule has 0 atom stereocenters. The van der Waals surface area contributed by atoms with Crippen LogP contribution in [0.3, 0.4) is 0 Å². The second kappa shape index (κ2) is 69.4. The number of aliphatic carboxylic acids is 6. The largest absolute Gasteiger partial charge is 3.00 e. The Bertz CT molecular complexity index is 4270. The Hall–Kier alpha value is -13.0. The smallest absolute Gasteiger partial charge is 0.550 e. The second-order valence-corrected chi connectivity index (χ2v) is 25.0. The first-order valence-electron chi connectivity index (χ1n) is 37.1. The first kappa shape index (κ1) is 115. The minimum Gasteiger partial charge on any atom is -0.550 e. The van der Waals surface area contributed by atoms with Gasteiger partial charge in [-0.1, -0.05) is 121 Å². The third-order valence-electron chi connectivity index (χ3n) is 15.7. The number of phenols is 6. The third-order valence-corrected chi connectivity index (χ3v) is 15.7. The standard InChI is InChI=1S/4C10H8N2.6C9H10O3.4H2O.2Yb/c4*1-3-7-11-9(5-1)10-6-2-4-8-12-10;6*10-8-4-1-7(2-5-8)3-6-9(11)12;;;;;;/h4*1-8H;6*1-2,4-5,10H,3,6H2,(H,11,12);4*1H2;;/q;;;;;;;;;;;;;;2*+3/p-6. The second-order valence-electron chi connectivity index (χ2n) is 25.0. The van der Waals surface area contributed by atoms with Crippen molar-refractivity contribution in [2.24, 2.45) is 0 Å². The van der Waals surface area contributed by atoms with Crippen LogP contribution in [0.25, 0.3) is 45.6 Å². The van der Waals surface area contributed by atoms with Gasteiger partial charge in [0, 0.05) is 85.4 Å². The first-order chi connectivity index (χ1) is 58.0. The number of nitrogens with zero attached hydrogens (tertiary/aromatic N) is 8. The summed E-state index contributed by atoms with van der Waals surface area (Å²) in [4.78, 5) is 94.0. The zero-order valence-electron chi connectivity index (χ0n) is 67.5. The van der Waals surface area contributed by atoms with E-state index in [0.717, 1.165) is 78.9 Å². The van der Waals surface area contributed by atoms with Crippen molar-refractivity contribution in [2.45, 2.75) is 77.0 Å². The number of aromatic nitrogens is 8. The van der Waals surface area contributed by atoms with Crippen LogP contribution in [0, 0.1) is 93.8 Å². The maximum atomic E-state index is 10.1. The summed E-state index contributed by atoms with van der Waals surface area (Å²) >= 11 is 0. The molecule has 6 aromatic carbocycles. The van der Waals surface area contributed by atoms with Gasteiger partial charge >= 0.3 is 93.8 Å². The Morgan fingerprint density at radius 2 is 0.286 bits per heavy atom. The molecule has 2 radical (unpaired) electrons. The summed E-state index contributed by atoms with van der Waals surface area (Å²) in [5, 5.41) is 114. The monoisotopic (exact) mass is 2030 g/mol. The van der Waals surface area contributed by atoms with Gasteiger partial charge in [0.2, 0.25) is 0 Å². The van der Waals surface area contributed by atoms with Gasteiger partial charge < -0.3 is 112 Å². The molecular formula is C94H94N8O22Yb2. The van der Waals surface area contributed by atoms with Crippen LogP contribution in [0.15, 0.2) is 341 Å². The molecule has 8 aromatic heterocycles. The maximum absolute atomic E-state index is 10.1. The molecule has 30 nitrogen and oxygen atoms in total. The number of benzene rings is 6. The average molecular weight is 2030 g/mol. The molecule has 8 heterocycles. The van der Waals surface area contributed by atoms with Crippen molar-refractivity contribution in [2.75, 3.05) is 0 Å². The number of carbonyl (C=O) groups is 6. The number of pyridine rings is 8. The molecule has 32 heteroatoms. The van der Waals surface area contributed by atoms with Crippen molar-refractivity contribution < 1.29 is 206 Å². The van der Waals surface area contributed by atoms with E-state index in [-0.39, 0.29) is 189 Å². The van der Waals surface area contributed by atoms with Gasteiger partial charge in [-0.05, 0) is 280 Å². The van der Waals surface area contributed by atoms with Crippen molar-refractivity contribution >= 4 is 35.8 Å². The third kappa shape index (κ3) is 54.5. The topological polar surface area (TPSA) is 591 Å². The Morgan fingerprint density at radius 3 is 0.365 bits per heavy atom. The number of carbonyl (C=O) groups excluding carboxylic acids is 6. The fraction of sp³-hybridized carbons (Fsp3) is 0.128. The molecular weight excluding hydrogens is 1940 g/mol. The zero-order chi connectivity index (χ0) is 86.8. The SMILES string of the molecule is O.O.O.O.O=C([O-])CCc1ccc(O)cc1.O=C([O-])CCc1ccc(O)cc1.O=C([O-])CCc1ccc(O)cc1.O=C([O-])CCc1ccc(O)cc1.O=C([O-])CCc1ccc(O)cc1.O=C([O-])CCc1ccc(O)cc1.[Yb+3].[Yb+3].c1ccc(-c2ccccn2)nc1.c1ccc(-c2ccccn2)nc1.c1ccc(-c2ccccn2)nc1.c1ccc(-c2ccccn2)nc1. The molecule has 0 aliphatic rings. The molecule has 0 fully saturated rings. The van der Waals surface area contributed by atoms with E-state index in [9.17, 15) is 59.4 Å². The summed E-state index contributed by atoms with van der Waals surface area (Å²) in [5.74, 6) is -5.19. The molecule has 0 saturated heterocycles. The molecule has 0 spiro atoms. The van der Waals surface area contributed by atoms with Crippen LogP contribution in [0.1, 0.15) is 71.9 Å². The van der Waals surface area contributed by atoms with Crippen LogP contribution in [-0.4, -0.2) is 128 Å². The quantitative estimate of drug-likeness (QED) is 0.0472.